The molecule has 1 aromatic heterocycles. The number of benzene rings is 2. The van der Waals surface area contributed by atoms with Crippen molar-refractivity contribution in [2.45, 2.75) is 25.8 Å². The number of anilines is 1. The topological polar surface area (TPSA) is 49.0 Å². The summed E-state index contributed by atoms with van der Waals surface area (Å²) < 4.78 is 0. The van der Waals surface area contributed by atoms with Crippen molar-refractivity contribution in [3.63, 3.8) is 0 Å². The Labute approximate surface area is 216 Å². The van der Waals surface area contributed by atoms with E-state index in [-0.39, 0.29) is 37.2 Å². The van der Waals surface area contributed by atoms with Crippen molar-refractivity contribution < 1.29 is 52.0 Å². The van der Waals surface area contributed by atoms with Crippen LogP contribution in [0.1, 0.15) is 18.1 Å². The highest BCUT2D eigenvalue weighted by atomic mass is 35.5. The van der Waals surface area contributed by atoms with Gasteiger partial charge in [0.25, 0.3) is 5.82 Å². The number of H-pyrrole nitrogens is 1. The average molecular weight is 510 g/mol. The van der Waals surface area contributed by atoms with Gasteiger partial charge in [0.05, 0.1) is 12.6 Å². The zero-order valence-electron chi connectivity index (χ0n) is 19.2. The van der Waals surface area contributed by atoms with Gasteiger partial charge in [-0.3, -0.25) is 5.73 Å². The Morgan fingerprint density at radius 3 is 2.09 bits per heavy atom. The van der Waals surface area contributed by atoms with Gasteiger partial charge < -0.3 is 47.0 Å². The number of rotatable bonds is 7. The second-order valence-corrected chi connectivity index (χ2v) is 8.72. The normalized spacial score (nSPS) is 18.2. The van der Waals surface area contributed by atoms with Gasteiger partial charge >= 0.3 is 0 Å². The molecular formula is C26H35Cl3N4. The van der Waals surface area contributed by atoms with Crippen molar-refractivity contribution in [1.29, 1.82) is 0 Å². The van der Waals surface area contributed by atoms with Gasteiger partial charge in [0, 0.05) is 24.5 Å². The molecule has 4 nitrogen and oxygen atoms in total. The van der Waals surface area contributed by atoms with Gasteiger partial charge in [-0.15, -0.1) is 0 Å². The van der Waals surface area contributed by atoms with Gasteiger partial charge in [-0.1, -0.05) is 54.6 Å². The third-order valence-corrected chi connectivity index (χ3v) is 6.53. The molecule has 1 aliphatic rings. The largest absolute Gasteiger partial charge is 1.00 e. The number of nitrogen functional groups attached to an aromatic ring is 1. The molecule has 0 aliphatic carbocycles. The van der Waals surface area contributed by atoms with E-state index in [1.165, 1.54) is 55.8 Å². The molecule has 7 heteroatoms. The zero-order valence-corrected chi connectivity index (χ0v) is 21.4. The van der Waals surface area contributed by atoms with Crippen LogP contribution in [0, 0.1) is 0 Å². The number of quaternary nitrogens is 2. The van der Waals surface area contributed by atoms with Crippen LogP contribution in [0.5, 0.6) is 0 Å². The van der Waals surface area contributed by atoms with Crippen LogP contribution in [0.4, 0.5) is 5.82 Å². The van der Waals surface area contributed by atoms with E-state index in [0.29, 0.717) is 11.9 Å². The predicted octanol–water partition coefficient (Wildman–Crippen LogP) is -8.28. The quantitative estimate of drug-likeness (QED) is 0.291. The van der Waals surface area contributed by atoms with Gasteiger partial charge in [0.15, 0.2) is 0 Å². The molecule has 0 radical (unpaired) electrons. The van der Waals surface area contributed by atoms with Gasteiger partial charge in [0.2, 0.25) is 0 Å². The van der Waals surface area contributed by atoms with E-state index in [4.69, 9.17) is 5.73 Å². The summed E-state index contributed by atoms with van der Waals surface area (Å²) in [6.07, 6.45) is 2.33. The third kappa shape index (κ3) is 8.47. The maximum Gasteiger partial charge on any atom is 0.270 e. The van der Waals surface area contributed by atoms with Crippen LogP contribution in [0.25, 0.3) is 11.3 Å². The third-order valence-electron chi connectivity index (χ3n) is 6.53. The van der Waals surface area contributed by atoms with Crippen LogP contribution >= 0.6 is 0 Å². The summed E-state index contributed by atoms with van der Waals surface area (Å²) in [4.78, 5) is 6.74. The summed E-state index contributed by atoms with van der Waals surface area (Å²) in [6, 6.07) is 26.5. The van der Waals surface area contributed by atoms with Crippen LogP contribution in [-0.2, 0) is 12.8 Å². The summed E-state index contributed by atoms with van der Waals surface area (Å²) in [5, 5.41) is 0. The highest BCUT2D eigenvalue weighted by Crippen LogP contribution is 2.15. The van der Waals surface area contributed by atoms with Gasteiger partial charge in [-0.05, 0) is 30.2 Å². The molecule has 1 fully saturated rings. The van der Waals surface area contributed by atoms with Crippen LogP contribution in [-0.4, -0.2) is 38.8 Å². The van der Waals surface area contributed by atoms with Crippen LogP contribution in [0.15, 0.2) is 72.8 Å². The maximum atomic E-state index is 5.86. The molecule has 1 aliphatic heterocycles. The first kappa shape index (κ1) is 29.2. The Morgan fingerprint density at radius 1 is 0.788 bits per heavy atom. The van der Waals surface area contributed by atoms with Crippen molar-refractivity contribution in [2.24, 2.45) is 0 Å². The smallest absolute Gasteiger partial charge is 0.270 e. The number of aromatic nitrogens is 1. The van der Waals surface area contributed by atoms with Crippen molar-refractivity contribution in [3.8, 4) is 11.3 Å². The number of hydrogen-bond donors (Lipinski definition) is 3. The zero-order chi connectivity index (χ0) is 20.8. The van der Waals surface area contributed by atoms with Crippen LogP contribution in [0.3, 0.4) is 0 Å². The van der Waals surface area contributed by atoms with E-state index < -0.39 is 0 Å². The second kappa shape index (κ2) is 14.4. The van der Waals surface area contributed by atoms with E-state index in [0.717, 1.165) is 12.1 Å². The molecule has 5 N–H and O–H groups in total. The summed E-state index contributed by atoms with van der Waals surface area (Å²) in [7, 11) is 0. The standard InChI is InChI=1S/C26H32N4.3ClH/c1-21(20-23-6-3-2-4-7-23)30-18-16-29(17-19-30)15-14-22-10-12-24(13-11-22)25-8-5-9-26(27)28-25;;;/h2-13,21H,14-20H2,1H3,(H2,27,28);3*1H. The predicted molar refractivity (Wildman–Crippen MR) is 122 cm³/mol. The Balaban J connectivity index is 0.00000181. The van der Waals surface area contributed by atoms with E-state index in [9.17, 15) is 0 Å². The van der Waals surface area contributed by atoms with E-state index in [1.54, 1.807) is 9.80 Å². The average Bonchev–Trinajstić information content (AvgIpc) is 2.79. The molecule has 0 saturated carbocycles. The summed E-state index contributed by atoms with van der Waals surface area (Å²) in [5.74, 6) is 0.694. The molecule has 180 valence electrons. The van der Waals surface area contributed by atoms with E-state index in [2.05, 4.69) is 72.6 Å². The minimum atomic E-state index is 0. The van der Waals surface area contributed by atoms with Crippen molar-refractivity contribution >= 4 is 5.82 Å². The Morgan fingerprint density at radius 2 is 1.45 bits per heavy atom. The van der Waals surface area contributed by atoms with Crippen molar-refractivity contribution in [2.75, 3.05) is 38.5 Å². The molecule has 1 atom stereocenters. The van der Waals surface area contributed by atoms with Gasteiger partial charge in [0.1, 0.15) is 31.9 Å². The minimum Gasteiger partial charge on any atom is -1.00 e. The molecule has 1 unspecified atom stereocenters. The molecule has 33 heavy (non-hydrogen) atoms. The van der Waals surface area contributed by atoms with Crippen molar-refractivity contribution in [3.05, 3.63) is 83.9 Å². The molecule has 0 spiro atoms. The molecule has 4 rings (SSSR count). The Bertz CT molecular complexity index is 930. The van der Waals surface area contributed by atoms with Crippen LogP contribution < -0.4 is 57.7 Å². The Hall–Kier alpha value is -1.82. The number of nitrogens with two attached hydrogens (primary N) is 1. The number of pyridine rings is 1. The fourth-order valence-corrected chi connectivity index (χ4v) is 4.61. The molecular weight excluding hydrogens is 475 g/mol. The number of hydrogen-bond acceptors (Lipinski definition) is 1. The first-order chi connectivity index (χ1) is 14.7. The fourth-order valence-electron chi connectivity index (χ4n) is 4.61. The molecule has 0 bridgehead atoms. The maximum absolute atomic E-state index is 5.86. The molecule has 3 aromatic rings. The molecule has 1 saturated heterocycles. The van der Waals surface area contributed by atoms with Gasteiger partial charge in [-0.25, -0.2) is 4.98 Å². The summed E-state index contributed by atoms with van der Waals surface area (Å²) in [5.41, 5.74) is 11.0. The molecule has 0 amide bonds. The number of piperazine rings is 1. The van der Waals surface area contributed by atoms with E-state index >= 15 is 0 Å². The first-order valence-corrected chi connectivity index (χ1v) is 11.3. The van der Waals surface area contributed by atoms with Crippen LogP contribution in [0.2, 0.25) is 0 Å². The SMILES string of the molecule is CC(Cc1ccccc1)[NH+]1CC[NH+](CCc2ccc(-c3cccc(N)[nH+]3)cc2)CC1.[Cl-].[Cl-].[Cl-]. The molecule has 2 heterocycles. The monoisotopic (exact) mass is 508 g/mol. The number of nitrogens with one attached hydrogen (secondary N) is 3. The van der Waals surface area contributed by atoms with Crippen molar-refractivity contribution in [1.82, 2.24) is 0 Å². The lowest BCUT2D eigenvalue weighted by Gasteiger charge is -2.33. The Kier molecular flexibility index (Phi) is 12.8. The highest BCUT2D eigenvalue weighted by Gasteiger charge is 2.26. The lowest BCUT2D eigenvalue weighted by molar-refractivity contribution is -1.02. The molecule has 2 aromatic carbocycles. The minimum absolute atomic E-state index is 0. The van der Waals surface area contributed by atoms with Gasteiger partial charge in [-0.2, -0.15) is 0 Å². The van der Waals surface area contributed by atoms with E-state index in [1.807, 2.05) is 12.1 Å². The fraction of sp³-hybridized carbons (Fsp3) is 0.346. The lowest BCUT2D eigenvalue weighted by atomic mass is 10.0. The summed E-state index contributed by atoms with van der Waals surface area (Å²) in [6.45, 7) is 8.77. The number of aromatic amines is 1. The summed E-state index contributed by atoms with van der Waals surface area (Å²) >= 11 is 0. The second-order valence-electron chi connectivity index (χ2n) is 8.72. The first-order valence-electron chi connectivity index (χ1n) is 11.3. The lowest BCUT2D eigenvalue weighted by Crippen LogP contribution is -3.29. The number of halogens is 3. The highest BCUT2D eigenvalue weighted by molar-refractivity contribution is 5.56.